The van der Waals surface area contributed by atoms with Gasteiger partial charge in [0.1, 0.15) is 36.9 Å². The molecular weight excluding hydrogens is 785 g/mol. The second-order valence-corrected chi connectivity index (χ2v) is 14.5. The summed E-state index contributed by atoms with van der Waals surface area (Å²) in [5.74, 6) is 1.13. The molecule has 2 atom stereocenters. The zero-order valence-corrected chi connectivity index (χ0v) is 36.1. The SMILES string of the molecule is CCC.CCC.CCN(C(=O)CNC(=O)OC)[C@@H](C)c1ncc(-c2ccc3oc4c(c(=O)c3c2)OCc2cc(-c3cnc([C@@H]5CCCN5C(=O)CNC(=O)OC)[nH]3)ccc2-4)[nH]1. The molecule has 1 saturated heterocycles. The molecule has 17 nitrogen and oxygen atoms in total. The van der Waals surface area contributed by atoms with Crippen LogP contribution in [0.3, 0.4) is 0 Å². The highest BCUT2D eigenvalue weighted by Gasteiger charge is 2.32. The second-order valence-electron chi connectivity index (χ2n) is 14.5. The van der Waals surface area contributed by atoms with E-state index in [2.05, 4.69) is 67.7 Å². The Morgan fingerprint density at radius 2 is 1.54 bits per heavy atom. The van der Waals surface area contributed by atoms with Crippen molar-refractivity contribution in [2.45, 2.75) is 85.9 Å². The van der Waals surface area contributed by atoms with Gasteiger partial charge in [0.15, 0.2) is 5.76 Å². The van der Waals surface area contributed by atoms with Crippen LogP contribution in [0.25, 0.3) is 44.8 Å². The van der Waals surface area contributed by atoms with Crippen molar-refractivity contribution in [3.8, 4) is 39.6 Å². The lowest BCUT2D eigenvalue weighted by Crippen LogP contribution is -2.41. The normalized spacial score (nSPS) is 14.2. The Balaban J connectivity index is 0.00000111. The van der Waals surface area contributed by atoms with Crippen molar-refractivity contribution in [2.24, 2.45) is 0 Å². The van der Waals surface area contributed by atoms with Crippen molar-refractivity contribution in [1.29, 1.82) is 0 Å². The van der Waals surface area contributed by atoms with E-state index in [9.17, 15) is 24.0 Å². The molecule has 0 spiro atoms. The molecule has 1 fully saturated rings. The molecule has 3 aromatic heterocycles. The number of hydrogen-bond donors (Lipinski definition) is 4. The Hall–Kier alpha value is -6.65. The van der Waals surface area contributed by atoms with Crippen molar-refractivity contribution >= 4 is 35.0 Å². The number of amides is 4. The van der Waals surface area contributed by atoms with Crippen LogP contribution in [-0.4, -0.2) is 94.1 Å². The first-order valence-corrected chi connectivity index (χ1v) is 20.6. The monoisotopic (exact) mass is 840 g/mol. The summed E-state index contributed by atoms with van der Waals surface area (Å²) >= 11 is 0. The van der Waals surface area contributed by atoms with E-state index < -0.39 is 18.2 Å². The molecule has 5 heterocycles. The minimum absolute atomic E-state index is 0.123. The van der Waals surface area contributed by atoms with Crippen LogP contribution in [0.4, 0.5) is 9.59 Å². The third-order valence-corrected chi connectivity index (χ3v) is 9.94. The molecule has 2 aliphatic rings. The number of carbonyl (C=O) groups excluding carboxylic acids is 4. The fourth-order valence-corrected chi connectivity index (χ4v) is 7.06. The second kappa shape index (κ2) is 21.0. The van der Waals surface area contributed by atoms with Gasteiger partial charge in [-0.1, -0.05) is 52.7 Å². The third kappa shape index (κ3) is 10.4. The molecule has 0 radical (unpaired) electrons. The zero-order valence-electron chi connectivity index (χ0n) is 36.1. The van der Waals surface area contributed by atoms with Gasteiger partial charge in [-0.25, -0.2) is 19.6 Å². The highest BCUT2D eigenvalue weighted by Crippen LogP contribution is 2.40. The molecule has 4 N–H and O–H groups in total. The van der Waals surface area contributed by atoms with Crippen LogP contribution in [0.15, 0.2) is 58.0 Å². The van der Waals surface area contributed by atoms with Crippen LogP contribution in [0.1, 0.15) is 96.5 Å². The van der Waals surface area contributed by atoms with Crippen LogP contribution >= 0.6 is 0 Å². The zero-order chi connectivity index (χ0) is 44.2. The number of benzene rings is 2. The molecular formula is C44H56N8O9. The summed E-state index contributed by atoms with van der Waals surface area (Å²) in [5, 5.41) is 5.19. The number of aromatic amines is 2. The summed E-state index contributed by atoms with van der Waals surface area (Å²) in [5.41, 5.74) is 4.57. The quantitative estimate of drug-likeness (QED) is 0.110. The molecule has 5 aromatic rings. The fourth-order valence-electron chi connectivity index (χ4n) is 7.06. The van der Waals surface area contributed by atoms with E-state index in [1.165, 1.54) is 27.1 Å². The third-order valence-electron chi connectivity index (χ3n) is 9.94. The number of alkyl carbamates (subject to hydrolysis) is 2. The first-order chi connectivity index (χ1) is 29.4. The van der Waals surface area contributed by atoms with Crippen molar-refractivity contribution in [3.05, 3.63) is 76.2 Å². The molecule has 2 aromatic carbocycles. The Labute approximate surface area is 354 Å². The summed E-state index contributed by atoms with van der Waals surface area (Å²) in [7, 11) is 2.47. The Morgan fingerprint density at radius 3 is 2.23 bits per heavy atom. The molecule has 326 valence electrons. The van der Waals surface area contributed by atoms with E-state index >= 15 is 0 Å². The van der Waals surface area contributed by atoms with Crippen molar-refractivity contribution in [2.75, 3.05) is 40.4 Å². The molecule has 61 heavy (non-hydrogen) atoms. The number of carbonyl (C=O) groups is 4. The first-order valence-electron chi connectivity index (χ1n) is 20.6. The number of likely N-dealkylation sites (N-methyl/N-ethyl adjacent to an activating group) is 1. The average molecular weight is 841 g/mol. The van der Waals surface area contributed by atoms with E-state index in [1.54, 1.807) is 34.3 Å². The number of nitrogens with one attached hydrogen (secondary N) is 4. The van der Waals surface area contributed by atoms with Gasteiger partial charge >= 0.3 is 12.2 Å². The van der Waals surface area contributed by atoms with Crippen LogP contribution < -0.4 is 20.8 Å². The number of methoxy groups -OCH3 is 2. The molecule has 4 amide bonds. The lowest BCUT2D eigenvalue weighted by atomic mass is 9.98. The number of aromatic nitrogens is 4. The highest BCUT2D eigenvalue weighted by molar-refractivity contribution is 5.87. The Morgan fingerprint density at radius 1 is 0.902 bits per heavy atom. The van der Waals surface area contributed by atoms with Gasteiger partial charge in [0, 0.05) is 29.8 Å². The lowest BCUT2D eigenvalue weighted by Gasteiger charge is -2.26. The minimum Gasteiger partial charge on any atom is -0.481 e. The van der Waals surface area contributed by atoms with E-state index in [0.717, 1.165) is 35.2 Å². The number of hydrogen-bond acceptors (Lipinski definition) is 11. The number of imidazole rings is 2. The average Bonchev–Trinajstić information content (AvgIpc) is 4.07. The Bertz CT molecular complexity index is 2380. The first kappa shape index (κ1) is 45.4. The standard InChI is InChI=1S/C38H40N8O9.2C3H8/c1-5-45(30(47)17-41-37(50)52-3)20(2)35-39-15-27(43-35)22-9-11-29-25(14-22)32(49)34-33(55-29)24-10-8-21(13-23(24)19-54-34)26-16-40-36(44-26)28-7-6-12-46(28)31(48)18-42-38(51)53-4;2*1-3-2/h8-11,13-16,20,28H,5-7,12,17-19H2,1-4H3,(H,39,43)(H,40,44)(H,41,50)(H,42,51);2*3H2,1-2H3/t20-,28-;;/m0../s1. The van der Waals surface area contributed by atoms with E-state index in [-0.39, 0.29) is 48.7 Å². The number of fused-ring (bicyclic) bond motifs is 4. The maximum Gasteiger partial charge on any atom is 0.407 e. The summed E-state index contributed by atoms with van der Waals surface area (Å²) in [6, 6.07) is 10.4. The maximum atomic E-state index is 13.8. The predicted octanol–water partition coefficient (Wildman–Crippen LogP) is 7.25. The number of nitrogens with zero attached hydrogens (tertiary/aromatic N) is 4. The Kier molecular flexibility index (Phi) is 15.7. The number of likely N-dealkylation sites (tertiary alicyclic amines) is 1. The van der Waals surface area contributed by atoms with Crippen molar-refractivity contribution < 1.29 is 37.8 Å². The van der Waals surface area contributed by atoms with Gasteiger partial charge in [0.25, 0.3) is 0 Å². The van der Waals surface area contributed by atoms with E-state index in [4.69, 9.17) is 9.15 Å². The molecule has 0 aliphatic carbocycles. The van der Waals surface area contributed by atoms with E-state index in [0.29, 0.717) is 52.7 Å². The number of H-pyrrole nitrogens is 2. The van der Waals surface area contributed by atoms with Crippen LogP contribution in [0.2, 0.25) is 0 Å². The molecule has 0 unspecified atom stereocenters. The van der Waals surface area contributed by atoms with Gasteiger partial charge in [-0.2, -0.15) is 0 Å². The van der Waals surface area contributed by atoms with E-state index in [1.807, 2.05) is 38.1 Å². The van der Waals surface area contributed by atoms with Gasteiger partial charge in [-0.15, -0.1) is 0 Å². The summed E-state index contributed by atoms with van der Waals surface area (Å²) in [6.45, 7) is 12.9. The smallest absolute Gasteiger partial charge is 0.407 e. The fraction of sp³-hybridized carbons (Fsp3) is 0.432. The molecule has 0 bridgehead atoms. The van der Waals surface area contributed by atoms with Gasteiger partial charge in [0.05, 0.1) is 55.5 Å². The minimum atomic E-state index is -0.694. The number of rotatable bonds is 10. The van der Waals surface area contributed by atoms with Gasteiger partial charge < -0.3 is 49.0 Å². The summed E-state index contributed by atoms with van der Waals surface area (Å²) in [4.78, 5) is 81.4. The maximum absolute atomic E-state index is 13.8. The molecule has 0 saturated carbocycles. The molecule has 2 aliphatic heterocycles. The van der Waals surface area contributed by atoms with Crippen LogP contribution in [-0.2, 0) is 25.7 Å². The van der Waals surface area contributed by atoms with Crippen molar-refractivity contribution in [1.82, 2.24) is 40.4 Å². The summed E-state index contributed by atoms with van der Waals surface area (Å²) in [6.07, 6.45) is 6.05. The van der Waals surface area contributed by atoms with Crippen molar-refractivity contribution in [3.63, 3.8) is 0 Å². The largest absolute Gasteiger partial charge is 0.481 e. The van der Waals surface area contributed by atoms with Crippen LogP contribution in [0, 0.1) is 0 Å². The lowest BCUT2D eigenvalue weighted by molar-refractivity contribution is -0.132. The topological polar surface area (TPSA) is 214 Å². The van der Waals surface area contributed by atoms with Crippen LogP contribution in [0.5, 0.6) is 5.75 Å². The molecule has 7 rings (SSSR count). The number of ether oxygens (including phenoxy) is 3. The summed E-state index contributed by atoms with van der Waals surface area (Å²) < 4.78 is 21.5. The van der Waals surface area contributed by atoms with Gasteiger partial charge in [-0.05, 0) is 56.5 Å². The highest BCUT2D eigenvalue weighted by atomic mass is 16.5. The van der Waals surface area contributed by atoms with Gasteiger partial charge in [0.2, 0.25) is 23.0 Å². The molecule has 17 heteroatoms. The van der Waals surface area contributed by atoms with Gasteiger partial charge in [-0.3, -0.25) is 14.4 Å². The predicted molar refractivity (Wildman–Crippen MR) is 230 cm³/mol.